The highest BCUT2D eigenvalue weighted by Crippen LogP contribution is 2.26. The van der Waals surface area contributed by atoms with Gasteiger partial charge in [0.15, 0.2) is 5.78 Å². The molecule has 17 heavy (non-hydrogen) atoms. The van der Waals surface area contributed by atoms with Crippen molar-refractivity contribution in [3.05, 3.63) is 28.8 Å². The number of hydrogen-bond donors (Lipinski definition) is 0. The zero-order valence-corrected chi connectivity index (χ0v) is 11.9. The van der Waals surface area contributed by atoms with Crippen molar-refractivity contribution in [1.82, 2.24) is 0 Å². The molecule has 0 aliphatic heterocycles. The van der Waals surface area contributed by atoms with Crippen LogP contribution in [0.4, 0.5) is 0 Å². The van der Waals surface area contributed by atoms with Gasteiger partial charge < -0.3 is 4.74 Å². The monoisotopic (exact) mass is 272 g/mol. The predicted molar refractivity (Wildman–Crippen MR) is 74.5 cm³/mol. The van der Waals surface area contributed by atoms with Crippen molar-refractivity contribution >= 4 is 29.1 Å². The van der Waals surface area contributed by atoms with Crippen LogP contribution < -0.4 is 4.74 Å². The summed E-state index contributed by atoms with van der Waals surface area (Å²) in [5.74, 6) is 1.22. The standard InChI is InChI=1S/C13H17ClO2S/c1-4-16-13-6-5-10(7-11(13)14)12(15)8-17-9(2)3/h5-7,9H,4,8H2,1-3H3. The van der Waals surface area contributed by atoms with E-state index in [-0.39, 0.29) is 5.78 Å². The Morgan fingerprint density at radius 1 is 1.47 bits per heavy atom. The van der Waals surface area contributed by atoms with Crippen molar-refractivity contribution in [3.63, 3.8) is 0 Å². The molecular weight excluding hydrogens is 256 g/mol. The van der Waals surface area contributed by atoms with Crippen LogP contribution in [0.5, 0.6) is 5.75 Å². The van der Waals surface area contributed by atoms with Crippen molar-refractivity contribution in [2.24, 2.45) is 0 Å². The smallest absolute Gasteiger partial charge is 0.172 e. The molecule has 0 saturated heterocycles. The van der Waals surface area contributed by atoms with E-state index in [0.717, 1.165) is 0 Å². The maximum atomic E-state index is 11.9. The van der Waals surface area contributed by atoms with Gasteiger partial charge in [0.25, 0.3) is 0 Å². The van der Waals surface area contributed by atoms with Crippen LogP contribution in [-0.4, -0.2) is 23.4 Å². The molecule has 0 bridgehead atoms. The third-order valence-electron chi connectivity index (χ3n) is 2.10. The van der Waals surface area contributed by atoms with Gasteiger partial charge in [-0.15, -0.1) is 0 Å². The Hall–Kier alpha value is -0.670. The summed E-state index contributed by atoms with van der Waals surface area (Å²) < 4.78 is 5.32. The summed E-state index contributed by atoms with van der Waals surface area (Å²) in [4.78, 5) is 11.9. The average Bonchev–Trinajstić information content (AvgIpc) is 2.28. The van der Waals surface area contributed by atoms with E-state index in [9.17, 15) is 4.79 Å². The molecule has 0 aliphatic carbocycles. The maximum absolute atomic E-state index is 11.9. The summed E-state index contributed by atoms with van der Waals surface area (Å²) in [6, 6.07) is 5.19. The first-order valence-electron chi connectivity index (χ1n) is 5.61. The zero-order chi connectivity index (χ0) is 12.8. The fraction of sp³-hybridized carbons (Fsp3) is 0.462. The molecule has 0 aliphatic rings. The highest BCUT2D eigenvalue weighted by molar-refractivity contribution is 8.00. The molecule has 94 valence electrons. The third kappa shape index (κ3) is 4.60. The molecule has 1 rings (SSSR count). The molecule has 0 aromatic heterocycles. The van der Waals surface area contributed by atoms with Crippen molar-refractivity contribution in [2.45, 2.75) is 26.0 Å². The highest BCUT2D eigenvalue weighted by Gasteiger charge is 2.10. The van der Waals surface area contributed by atoms with Gasteiger partial charge in [0.2, 0.25) is 0 Å². The Labute approximate surface area is 112 Å². The second kappa shape index (κ2) is 6.92. The number of carbonyl (C=O) groups is 1. The van der Waals surface area contributed by atoms with E-state index in [1.165, 1.54) is 0 Å². The largest absolute Gasteiger partial charge is 0.492 e. The number of hydrogen-bond acceptors (Lipinski definition) is 3. The van der Waals surface area contributed by atoms with E-state index in [2.05, 4.69) is 13.8 Å². The summed E-state index contributed by atoms with van der Waals surface area (Å²) >= 11 is 7.66. The van der Waals surface area contributed by atoms with Crippen LogP contribution in [0.3, 0.4) is 0 Å². The molecule has 0 spiro atoms. The van der Waals surface area contributed by atoms with Crippen LogP contribution >= 0.6 is 23.4 Å². The van der Waals surface area contributed by atoms with Crippen molar-refractivity contribution in [1.29, 1.82) is 0 Å². The number of Topliss-reactive ketones (excluding diaryl/α,β-unsaturated/α-hetero) is 1. The molecule has 1 aromatic carbocycles. The summed E-state index contributed by atoms with van der Waals surface area (Å²) in [5, 5.41) is 0.948. The first kappa shape index (κ1) is 14.4. The van der Waals surface area contributed by atoms with Gasteiger partial charge in [-0.05, 0) is 30.4 Å². The number of halogens is 1. The number of ketones is 1. The van der Waals surface area contributed by atoms with Gasteiger partial charge in [0.1, 0.15) is 5.75 Å². The SMILES string of the molecule is CCOc1ccc(C(=O)CSC(C)C)cc1Cl. The Balaban J connectivity index is 2.72. The molecular formula is C13H17ClO2S. The minimum Gasteiger partial charge on any atom is -0.492 e. The van der Waals surface area contributed by atoms with Crippen molar-refractivity contribution in [3.8, 4) is 5.75 Å². The molecule has 0 saturated carbocycles. The Kier molecular flexibility index (Phi) is 5.86. The lowest BCUT2D eigenvalue weighted by atomic mass is 10.1. The number of carbonyl (C=O) groups excluding carboxylic acids is 1. The molecule has 2 nitrogen and oxygen atoms in total. The normalized spacial score (nSPS) is 10.6. The van der Waals surface area contributed by atoms with Crippen LogP contribution in [0.25, 0.3) is 0 Å². The third-order valence-corrected chi connectivity index (χ3v) is 3.49. The fourth-order valence-electron chi connectivity index (χ4n) is 1.27. The topological polar surface area (TPSA) is 26.3 Å². The number of ether oxygens (including phenoxy) is 1. The lowest BCUT2D eigenvalue weighted by Gasteiger charge is -2.08. The second-order valence-electron chi connectivity index (χ2n) is 3.86. The summed E-state index contributed by atoms with van der Waals surface area (Å²) in [7, 11) is 0. The molecule has 0 heterocycles. The van der Waals surface area contributed by atoms with Crippen molar-refractivity contribution in [2.75, 3.05) is 12.4 Å². The molecule has 0 radical (unpaired) electrons. The first-order chi connectivity index (χ1) is 8.04. The number of benzene rings is 1. The maximum Gasteiger partial charge on any atom is 0.172 e. The van der Waals surface area contributed by atoms with Crippen molar-refractivity contribution < 1.29 is 9.53 Å². The molecule has 0 unspecified atom stereocenters. The van der Waals surface area contributed by atoms with Crippen LogP contribution in [-0.2, 0) is 0 Å². The fourth-order valence-corrected chi connectivity index (χ4v) is 2.16. The number of rotatable bonds is 6. The molecule has 0 N–H and O–H groups in total. The average molecular weight is 273 g/mol. The van der Waals surface area contributed by atoms with Gasteiger partial charge in [0, 0.05) is 5.56 Å². The first-order valence-corrected chi connectivity index (χ1v) is 7.04. The van der Waals surface area contributed by atoms with E-state index in [4.69, 9.17) is 16.3 Å². The summed E-state index contributed by atoms with van der Waals surface area (Å²) in [6.07, 6.45) is 0. The Morgan fingerprint density at radius 3 is 2.71 bits per heavy atom. The second-order valence-corrected chi connectivity index (χ2v) is 5.83. The van der Waals surface area contributed by atoms with E-state index in [0.29, 0.717) is 33.9 Å². The van der Waals surface area contributed by atoms with Gasteiger partial charge in [-0.1, -0.05) is 25.4 Å². The van der Waals surface area contributed by atoms with E-state index < -0.39 is 0 Å². The minimum atomic E-state index is 0.105. The van der Waals surface area contributed by atoms with Gasteiger partial charge in [-0.3, -0.25) is 4.79 Å². The zero-order valence-electron chi connectivity index (χ0n) is 10.3. The summed E-state index contributed by atoms with van der Waals surface area (Å²) in [5.41, 5.74) is 0.645. The van der Waals surface area contributed by atoms with Crippen LogP contribution in [0.1, 0.15) is 31.1 Å². The van der Waals surface area contributed by atoms with E-state index in [1.807, 2.05) is 6.92 Å². The molecule has 4 heteroatoms. The lowest BCUT2D eigenvalue weighted by Crippen LogP contribution is -2.05. The van der Waals surface area contributed by atoms with Gasteiger partial charge >= 0.3 is 0 Å². The minimum absolute atomic E-state index is 0.105. The van der Waals surface area contributed by atoms with Gasteiger partial charge in [-0.25, -0.2) is 0 Å². The molecule has 0 atom stereocenters. The predicted octanol–water partition coefficient (Wildman–Crippen LogP) is 4.06. The van der Waals surface area contributed by atoms with Gasteiger partial charge in [-0.2, -0.15) is 11.8 Å². The molecule has 1 aromatic rings. The quantitative estimate of drug-likeness (QED) is 0.731. The lowest BCUT2D eigenvalue weighted by molar-refractivity contribution is 0.102. The van der Waals surface area contributed by atoms with Crippen LogP contribution in [0.2, 0.25) is 5.02 Å². The van der Waals surface area contributed by atoms with Crippen LogP contribution in [0, 0.1) is 0 Å². The van der Waals surface area contributed by atoms with E-state index >= 15 is 0 Å². The summed E-state index contributed by atoms with van der Waals surface area (Å²) in [6.45, 7) is 6.61. The Morgan fingerprint density at radius 2 is 2.18 bits per heavy atom. The number of thioether (sulfide) groups is 1. The van der Waals surface area contributed by atoms with Crippen LogP contribution in [0.15, 0.2) is 18.2 Å². The molecule has 0 amide bonds. The molecule has 0 fully saturated rings. The Bertz CT molecular complexity index is 391. The highest BCUT2D eigenvalue weighted by atomic mass is 35.5. The van der Waals surface area contributed by atoms with Gasteiger partial charge in [0.05, 0.1) is 17.4 Å². The van der Waals surface area contributed by atoms with E-state index in [1.54, 1.807) is 30.0 Å².